The van der Waals surface area contributed by atoms with E-state index in [9.17, 15) is 17.6 Å². The molecule has 0 spiro atoms. The molecule has 0 amide bonds. The van der Waals surface area contributed by atoms with E-state index in [1.807, 2.05) is 0 Å². The number of ether oxygens (including phenoxy) is 1. The maximum Gasteiger partial charge on any atom is 0.324 e. The first-order chi connectivity index (χ1) is 12.8. The largest absolute Gasteiger partial charge is 0.468 e. The minimum absolute atomic E-state index is 0.0661. The first kappa shape index (κ1) is 21.8. The predicted molar refractivity (Wildman–Crippen MR) is 99.3 cm³/mol. The quantitative estimate of drug-likeness (QED) is 0.508. The minimum Gasteiger partial charge on any atom is -0.468 e. The summed E-state index contributed by atoms with van der Waals surface area (Å²) in [7, 11) is -2.78. The van der Waals surface area contributed by atoms with Crippen molar-refractivity contribution >= 4 is 16.0 Å². The molecule has 1 saturated heterocycles. The average Bonchev–Trinajstić information content (AvgIpc) is 3.14. The summed E-state index contributed by atoms with van der Waals surface area (Å²) in [6, 6.07) is 2.03. The Labute approximate surface area is 160 Å². The van der Waals surface area contributed by atoms with Gasteiger partial charge in [-0.15, -0.1) is 0 Å². The number of benzene rings is 1. The SMILES string of the molecule is COC(=O)[C@@H]1CCCN1S(=O)(=O)c1ccc(C)c(F)c1CCCCCCO. The number of carbonyl (C=O) groups excluding carboxylic acids is 1. The Kier molecular flexibility index (Phi) is 7.76. The lowest BCUT2D eigenvalue weighted by Crippen LogP contribution is -2.41. The second kappa shape index (κ2) is 9.61. The van der Waals surface area contributed by atoms with E-state index in [-0.39, 0.29) is 23.6 Å². The van der Waals surface area contributed by atoms with Crippen LogP contribution in [0.4, 0.5) is 4.39 Å². The zero-order valence-electron chi connectivity index (χ0n) is 15.9. The van der Waals surface area contributed by atoms with Gasteiger partial charge in [-0.25, -0.2) is 12.8 Å². The molecular formula is C19H28FNO5S. The lowest BCUT2D eigenvalue weighted by molar-refractivity contribution is -0.144. The molecule has 1 fully saturated rings. The highest BCUT2D eigenvalue weighted by molar-refractivity contribution is 7.89. The van der Waals surface area contributed by atoms with Gasteiger partial charge in [0.05, 0.1) is 12.0 Å². The van der Waals surface area contributed by atoms with Gasteiger partial charge in [-0.05, 0) is 50.7 Å². The van der Waals surface area contributed by atoms with Crippen molar-refractivity contribution in [3.63, 3.8) is 0 Å². The van der Waals surface area contributed by atoms with Gasteiger partial charge in [0, 0.05) is 18.7 Å². The molecule has 8 heteroatoms. The number of unbranched alkanes of at least 4 members (excludes halogenated alkanes) is 3. The number of halogens is 1. The van der Waals surface area contributed by atoms with Crippen molar-refractivity contribution < 1.29 is 27.4 Å². The average molecular weight is 402 g/mol. The second-order valence-corrected chi connectivity index (χ2v) is 8.72. The molecule has 6 nitrogen and oxygen atoms in total. The van der Waals surface area contributed by atoms with Gasteiger partial charge in [-0.2, -0.15) is 4.31 Å². The van der Waals surface area contributed by atoms with Gasteiger partial charge in [0.25, 0.3) is 0 Å². The summed E-state index contributed by atoms with van der Waals surface area (Å²) in [5.41, 5.74) is 0.569. The Morgan fingerprint density at radius 2 is 2.00 bits per heavy atom. The lowest BCUT2D eigenvalue weighted by atomic mass is 10.0. The maximum absolute atomic E-state index is 14.8. The first-order valence-electron chi connectivity index (χ1n) is 9.33. The highest BCUT2D eigenvalue weighted by Gasteiger charge is 2.41. The van der Waals surface area contributed by atoms with Crippen molar-refractivity contribution in [3.8, 4) is 0 Å². The van der Waals surface area contributed by atoms with Crippen LogP contribution in [0.25, 0.3) is 0 Å². The van der Waals surface area contributed by atoms with Crippen LogP contribution in [0.1, 0.15) is 49.7 Å². The highest BCUT2D eigenvalue weighted by atomic mass is 32.2. The van der Waals surface area contributed by atoms with Crippen LogP contribution in [0.2, 0.25) is 0 Å². The Morgan fingerprint density at radius 1 is 1.30 bits per heavy atom. The topological polar surface area (TPSA) is 83.9 Å². The molecule has 27 heavy (non-hydrogen) atoms. The number of carbonyl (C=O) groups is 1. The van der Waals surface area contributed by atoms with E-state index in [2.05, 4.69) is 0 Å². The van der Waals surface area contributed by atoms with Crippen molar-refractivity contribution in [3.05, 3.63) is 29.1 Å². The predicted octanol–water partition coefficient (Wildman–Crippen LogP) is 2.56. The van der Waals surface area contributed by atoms with E-state index >= 15 is 0 Å². The third-order valence-electron chi connectivity index (χ3n) is 4.99. The zero-order valence-corrected chi connectivity index (χ0v) is 16.7. The van der Waals surface area contributed by atoms with Crippen LogP contribution in [0, 0.1) is 12.7 Å². The Balaban J connectivity index is 2.32. The number of aryl methyl sites for hydroxylation is 1. The zero-order chi connectivity index (χ0) is 20.0. The number of rotatable bonds is 9. The number of hydrogen-bond donors (Lipinski definition) is 1. The summed E-state index contributed by atoms with van der Waals surface area (Å²) < 4.78 is 47.0. The standard InChI is InChI=1S/C19H28FNO5S/c1-14-10-11-17(15(18(14)20)8-5-3-4-6-13-22)27(24,25)21-12-7-9-16(21)19(23)26-2/h10-11,16,22H,3-9,12-13H2,1-2H3/t16-/m0/s1. The Hall–Kier alpha value is -1.51. The van der Waals surface area contributed by atoms with Crippen molar-refractivity contribution in [2.45, 2.75) is 62.8 Å². The summed E-state index contributed by atoms with van der Waals surface area (Å²) in [5.74, 6) is -1.10. The summed E-state index contributed by atoms with van der Waals surface area (Å²) in [5, 5.41) is 8.84. The van der Waals surface area contributed by atoms with Gasteiger partial charge >= 0.3 is 5.97 Å². The van der Waals surface area contributed by atoms with Gasteiger partial charge < -0.3 is 9.84 Å². The van der Waals surface area contributed by atoms with Crippen LogP contribution in [0.3, 0.4) is 0 Å². The molecular weight excluding hydrogens is 373 g/mol. The molecule has 1 heterocycles. The van der Waals surface area contributed by atoms with Crippen molar-refractivity contribution in [2.24, 2.45) is 0 Å². The molecule has 0 aliphatic carbocycles. The molecule has 1 aromatic rings. The van der Waals surface area contributed by atoms with E-state index in [1.165, 1.54) is 19.2 Å². The molecule has 0 bridgehead atoms. The van der Waals surface area contributed by atoms with Crippen LogP contribution in [0.15, 0.2) is 17.0 Å². The lowest BCUT2D eigenvalue weighted by Gasteiger charge is -2.24. The van der Waals surface area contributed by atoms with Gasteiger partial charge in [0.2, 0.25) is 10.0 Å². The van der Waals surface area contributed by atoms with Crippen LogP contribution in [-0.4, -0.2) is 50.1 Å². The van der Waals surface area contributed by atoms with Crippen LogP contribution >= 0.6 is 0 Å². The number of methoxy groups -OCH3 is 1. The fourth-order valence-electron chi connectivity index (χ4n) is 3.49. The monoisotopic (exact) mass is 401 g/mol. The van der Waals surface area contributed by atoms with Crippen LogP contribution in [-0.2, 0) is 26.0 Å². The molecule has 1 aromatic carbocycles. The van der Waals surface area contributed by atoms with Crippen molar-refractivity contribution in [2.75, 3.05) is 20.3 Å². The van der Waals surface area contributed by atoms with E-state index in [4.69, 9.17) is 9.84 Å². The molecule has 0 unspecified atom stereocenters. The van der Waals surface area contributed by atoms with E-state index in [0.717, 1.165) is 17.1 Å². The molecule has 1 aliphatic heterocycles. The minimum atomic E-state index is -4.01. The molecule has 1 atom stereocenters. The second-order valence-electron chi connectivity index (χ2n) is 6.86. The fraction of sp³-hybridized carbons (Fsp3) is 0.632. The number of esters is 1. The number of sulfonamides is 1. The third-order valence-corrected chi connectivity index (χ3v) is 6.98. The van der Waals surface area contributed by atoms with Crippen molar-refractivity contribution in [1.29, 1.82) is 0 Å². The van der Waals surface area contributed by atoms with Crippen LogP contribution < -0.4 is 0 Å². The first-order valence-corrected chi connectivity index (χ1v) is 10.8. The third kappa shape index (κ3) is 4.86. The molecule has 1 aliphatic rings. The summed E-state index contributed by atoms with van der Waals surface area (Å²) >= 11 is 0. The Bertz CT molecular complexity index is 766. The number of hydrogen-bond acceptors (Lipinski definition) is 5. The number of aliphatic hydroxyl groups is 1. The summed E-state index contributed by atoms with van der Waals surface area (Å²) in [4.78, 5) is 11.9. The van der Waals surface area contributed by atoms with E-state index < -0.39 is 27.9 Å². The normalized spacial score (nSPS) is 18.0. The summed E-state index contributed by atoms with van der Waals surface area (Å²) in [6.45, 7) is 1.93. The molecule has 0 radical (unpaired) electrons. The molecule has 152 valence electrons. The van der Waals surface area contributed by atoms with Gasteiger partial charge in [0.1, 0.15) is 11.9 Å². The van der Waals surface area contributed by atoms with E-state index in [1.54, 1.807) is 6.92 Å². The van der Waals surface area contributed by atoms with Gasteiger partial charge in [-0.3, -0.25) is 4.79 Å². The smallest absolute Gasteiger partial charge is 0.324 e. The molecule has 0 saturated carbocycles. The molecule has 2 rings (SSSR count). The van der Waals surface area contributed by atoms with Gasteiger partial charge in [0.15, 0.2) is 0 Å². The van der Waals surface area contributed by atoms with Crippen LogP contribution in [0.5, 0.6) is 0 Å². The fourth-order valence-corrected chi connectivity index (χ4v) is 5.38. The highest BCUT2D eigenvalue weighted by Crippen LogP contribution is 2.31. The molecule has 1 N–H and O–H groups in total. The maximum atomic E-state index is 14.8. The number of aliphatic hydroxyl groups excluding tert-OH is 1. The molecule has 0 aromatic heterocycles. The summed E-state index contributed by atoms with van der Waals surface area (Å²) in [6.07, 6.45) is 4.15. The Morgan fingerprint density at radius 3 is 2.67 bits per heavy atom. The van der Waals surface area contributed by atoms with E-state index in [0.29, 0.717) is 37.7 Å². The van der Waals surface area contributed by atoms with Crippen molar-refractivity contribution in [1.82, 2.24) is 4.31 Å². The number of nitrogens with zero attached hydrogens (tertiary/aromatic N) is 1. The van der Waals surface area contributed by atoms with Gasteiger partial charge in [-0.1, -0.05) is 18.9 Å².